The number of fused-ring (bicyclic) bond motifs is 5. The maximum Gasteiger partial charge on any atom is 0.253 e. The van der Waals surface area contributed by atoms with Crippen molar-refractivity contribution in [1.82, 2.24) is 4.90 Å². The fourth-order valence-electron chi connectivity index (χ4n) is 8.37. The zero-order valence-electron chi connectivity index (χ0n) is 25.6. The van der Waals surface area contributed by atoms with E-state index in [2.05, 4.69) is 0 Å². The van der Waals surface area contributed by atoms with Gasteiger partial charge >= 0.3 is 0 Å². The molecule has 4 amide bonds. The summed E-state index contributed by atoms with van der Waals surface area (Å²) in [5, 5.41) is 12.9. The van der Waals surface area contributed by atoms with Crippen molar-refractivity contribution in [1.29, 1.82) is 0 Å². The summed E-state index contributed by atoms with van der Waals surface area (Å²) in [5.41, 5.74) is 2.16. The fraction of sp³-hybridized carbons (Fsp3) is 0.237. The van der Waals surface area contributed by atoms with E-state index in [1.54, 1.807) is 72.8 Å². The Hall–Kier alpha value is -4.79. The van der Waals surface area contributed by atoms with Crippen molar-refractivity contribution in [2.24, 2.45) is 17.8 Å². The van der Waals surface area contributed by atoms with Crippen molar-refractivity contribution in [3.63, 3.8) is 0 Å². The molecule has 0 spiro atoms. The van der Waals surface area contributed by atoms with Gasteiger partial charge in [-0.25, -0.2) is 0 Å². The highest BCUT2D eigenvalue weighted by Gasteiger charge is 2.76. The normalized spacial score (nSPS) is 29.5. The highest BCUT2D eigenvalue weighted by molar-refractivity contribution is 6.53. The van der Waals surface area contributed by atoms with Crippen LogP contribution in [0, 0.1) is 17.8 Å². The van der Waals surface area contributed by atoms with Crippen LogP contribution >= 0.6 is 23.2 Å². The lowest BCUT2D eigenvalue weighted by Gasteiger charge is -2.50. The average molecular weight is 680 g/mol. The molecule has 2 aliphatic carbocycles. The van der Waals surface area contributed by atoms with Crippen molar-refractivity contribution < 1.29 is 29.1 Å². The number of phenolic OH excluding ortho intramolecular Hbond substituents is 1. The van der Waals surface area contributed by atoms with E-state index in [4.69, 9.17) is 23.2 Å². The number of allylic oxidation sites excluding steroid dienone is 2. The molecule has 3 fully saturated rings. The van der Waals surface area contributed by atoms with Gasteiger partial charge in [0.2, 0.25) is 11.8 Å². The molecule has 0 radical (unpaired) electrons. The molecular weight excluding hydrogens is 651 g/mol. The Kier molecular flexibility index (Phi) is 6.75. The number of ketones is 1. The predicted octanol–water partition coefficient (Wildman–Crippen LogP) is 5.97. The van der Waals surface area contributed by atoms with Crippen LogP contribution in [0.25, 0.3) is 10.8 Å². The molecule has 10 heteroatoms. The number of carbonyl (C=O) groups is 5. The number of anilines is 1. The number of amides is 4. The first-order valence-corrected chi connectivity index (χ1v) is 16.4. The lowest BCUT2D eigenvalue weighted by Crippen LogP contribution is -2.60. The molecule has 8 nitrogen and oxygen atoms in total. The summed E-state index contributed by atoms with van der Waals surface area (Å²) in [4.78, 5) is 67.0. The summed E-state index contributed by atoms with van der Waals surface area (Å²) in [5.74, 6) is -5.96. The topological polar surface area (TPSA) is 112 Å². The van der Waals surface area contributed by atoms with Crippen LogP contribution in [0.4, 0.5) is 5.69 Å². The first-order valence-electron chi connectivity index (χ1n) is 15.7. The molecule has 2 saturated heterocycles. The van der Waals surface area contributed by atoms with E-state index >= 15 is 0 Å². The van der Waals surface area contributed by atoms with Gasteiger partial charge < -0.3 is 5.11 Å². The van der Waals surface area contributed by atoms with E-state index in [0.29, 0.717) is 33.3 Å². The SMILES string of the molecule is CN1C(=O)C2(Cl)CC3C(=CCC4C(=O)N(c5ccc(C(=O)c6ccccc6)cc5)C(=O)C43)C(c3ccc4ccccc4c3O)C2(Cl)C1=O. The summed E-state index contributed by atoms with van der Waals surface area (Å²) in [7, 11) is 1.33. The van der Waals surface area contributed by atoms with Crippen LogP contribution in [0.3, 0.4) is 0 Å². The Bertz CT molecular complexity index is 2130. The quantitative estimate of drug-likeness (QED) is 0.123. The minimum absolute atomic E-state index is 0.101. The second-order valence-corrected chi connectivity index (χ2v) is 14.2. The number of halogens is 2. The molecule has 2 aliphatic heterocycles. The van der Waals surface area contributed by atoms with Crippen LogP contribution in [-0.4, -0.2) is 56.2 Å². The first-order chi connectivity index (χ1) is 23.0. The number of benzene rings is 4. The minimum Gasteiger partial charge on any atom is -0.507 e. The Morgan fingerprint density at radius 1 is 0.792 bits per heavy atom. The predicted molar refractivity (Wildman–Crippen MR) is 180 cm³/mol. The highest BCUT2D eigenvalue weighted by atomic mass is 35.5. The molecule has 240 valence electrons. The maximum atomic E-state index is 14.3. The van der Waals surface area contributed by atoms with E-state index in [0.717, 1.165) is 15.2 Å². The lowest BCUT2D eigenvalue weighted by atomic mass is 9.56. The zero-order chi connectivity index (χ0) is 33.7. The van der Waals surface area contributed by atoms with Gasteiger partial charge in [0.15, 0.2) is 15.5 Å². The molecule has 0 aromatic heterocycles. The molecular formula is C38H28Cl2N2O6. The van der Waals surface area contributed by atoms with E-state index in [9.17, 15) is 29.1 Å². The first kappa shape index (κ1) is 30.5. The number of rotatable bonds is 4. The van der Waals surface area contributed by atoms with Crippen LogP contribution in [0.5, 0.6) is 5.75 Å². The molecule has 48 heavy (non-hydrogen) atoms. The summed E-state index contributed by atoms with van der Waals surface area (Å²) in [6.07, 6.45) is 1.87. The molecule has 2 heterocycles. The van der Waals surface area contributed by atoms with Gasteiger partial charge in [0, 0.05) is 35.0 Å². The monoisotopic (exact) mass is 678 g/mol. The second-order valence-electron chi connectivity index (χ2n) is 13.0. The average Bonchev–Trinajstić information content (AvgIpc) is 3.43. The minimum atomic E-state index is -2.00. The van der Waals surface area contributed by atoms with Crippen LogP contribution in [0.15, 0.2) is 103 Å². The van der Waals surface area contributed by atoms with Gasteiger partial charge in [-0.15, -0.1) is 23.2 Å². The Morgan fingerprint density at radius 2 is 1.46 bits per heavy atom. The number of phenols is 1. The van der Waals surface area contributed by atoms with E-state index in [1.165, 1.54) is 7.05 Å². The molecule has 1 saturated carbocycles. The standard InChI is InChI=1S/C38H28Cl2N2O6/c1-41-35(47)37(39)19-28-25(30(38(37,40)36(41)48)27-16-13-20-7-5-6-10-24(20)32(27)44)17-18-26-29(28)34(46)42(33(26)45)23-14-11-22(12-15-23)31(43)21-8-3-2-4-9-21/h2-17,26,28-30,44H,18-19H2,1H3. The molecule has 6 unspecified atom stereocenters. The highest BCUT2D eigenvalue weighted by Crippen LogP contribution is 2.66. The van der Waals surface area contributed by atoms with Crippen molar-refractivity contribution in [2.45, 2.75) is 28.5 Å². The Labute approximate surface area is 285 Å². The smallest absolute Gasteiger partial charge is 0.253 e. The van der Waals surface area contributed by atoms with E-state index in [-0.39, 0.29) is 24.4 Å². The van der Waals surface area contributed by atoms with Crippen LogP contribution in [-0.2, 0) is 19.2 Å². The number of carbonyl (C=O) groups excluding carboxylic acids is 5. The Morgan fingerprint density at radius 3 is 2.19 bits per heavy atom. The van der Waals surface area contributed by atoms with E-state index in [1.807, 2.05) is 24.3 Å². The molecule has 8 rings (SSSR count). The van der Waals surface area contributed by atoms with Gasteiger partial charge in [-0.2, -0.15) is 0 Å². The summed E-state index contributed by atoms with van der Waals surface area (Å²) < 4.78 is 0. The summed E-state index contributed by atoms with van der Waals surface area (Å²) in [6, 6.07) is 25.8. The van der Waals surface area contributed by atoms with Crippen molar-refractivity contribution >= 4 is 69.1 Å². The van der Waals surface area contributed by atoms with Crippen LogP contribution in [0.1, 0.15) is 40.2 Å². The number of hydrogen-bond acceptors (Lipinski definition) is 6. The van der Waals surface area contributed by atoms with Crippen LogP contribution in [0.2, 0.25) is 0 Å². The molecule has 1 N–H and O–H groups in total. The van der Waals surface area contributed by atoms with Gasteiger partial charge in [0.05, 0.1) is 17.5 Å². The lowest BCUT2D eigenvalue weighted by molar-refractivity contribution is -0.138. The number of imide groups is 2. The van der Waals surface area contributed by atoms with Gasteiger partial charge in [0.1, 0.15) is 5.75 Å². The largest absolute Gasteiger partial charge is 0.507 e. The van der Waals surface area contributed by atoms with Crippen molar-refractivity contribution in [3.8, 4) is 5.75 Å². The number of alkyl halides is 2. The third-order valence-electron chi connectivity index (χ3n) is 10.7. The molecule has 4 aromatic rings. The van der Waals surface area contributed by atoms with Gasteiger partial charge in [0.25, 0.3) is 11.8 Å². The second kappa shape index (κ2) is 10.6. The summed E-state index contributed by atoms with van der Waals surface area (Å²) >= 11 is 14.5. The Balaban J connectivity index is 1.21. The molecule has 4 aliphatic rings. The number of likely N-dealkylation sites (tertiary alicyclic amines) is 1. The van der Waals surface area contributed by atoms with Crippen LogP contribution < -0.4 is 4.90 Å². The molecule has 0 bridgehead atoms. The fourth-order valence-corrected chi connectivity index (χ4v) is 9.38. The van der Waals surface area contributed by atoms with Crippen molar-refractivity contribution in [2.75, 3.05) is 11.9 Å². The van der Waals surface area contributed by atoms with Gasteiger partial charge in [-0.1, -0.05) is 78.4 Å². The number of hydrogen-bond donors (Lipinski definition) is 1. The molecule has 6 atom stereocenters. The zero-order valence-corrected chi connectivity index (χ0v) is 27.1. The van der Waals surface area contributed by atoms with E-state index < -0.39 is 57.0 Å². The molecule has 4 aromatic carbocycles. The third-order valence-corrected chi connectivity index (χ3v) is 12.1. The van der Waals surface area contributed by atoms with Gasteiger partial charge in [-0.3, -0.25) is 33.8 Å². The third kappa shape index (κ3) is 3.93. The summed E-state index contributed by atoms with van der Waals surface area (Å²) in [6.45, 7) is 0. The number of nitrogens with zero attached hydrogens (tertiary/aromatic N) is 2. The van der Waals surface area contributed by atoms with Gasteiger partial charge in [-0.05, 0) is 48.4 Å². The number of aromatic hydroxyl groups is 1. The maximum absolute atomic E-state index is 14.3. The van der Waals surface area contributed by atoms with Crippen molar-refractivity contribution in [3.05, 3.63) is 119 Å².